The molecule has 0 spiro atoms. The van der Waals surface area contributed by atoms with Crippen LogP contribution in [0.3, 0.4) is 0 Å². The monoisotopic (exact) mass is 630 g/mol. The number of fused-ring (bicyclic) bond motifs is 10. The molecule has 0 bridgehead atoms. The lowest BCUT2D eigenvalue weighted by Gasteiger charge is -2.37. The van der Waals surface area contributed by atoms with E-state index in [1.807, 2.05) is 6.08 Å². The first-order valence-electron chi connectivity index (χ1n) is 17.1. The Morgan fingerprint density at radius 2 is 1.43 bits per heavy atom. The minimum atomic E-state index is 0.165. The fraction of sp³-hybridized carbons (Fsp3) is 0.0870. The Hall–Kier alpha value is -6.06. The summed E-state index contributed by atoms with van der Waals surface area (Å²) in [6.07, 6.45) is 9.14. The molecule has 9 aromatic rings. The lowest BCUT2D eigenvalue weighted by molar-refractivity contribution is 0.653. The Bertz CT molecular complexity index is 2810. The van der Waals surface area contributed by atoms with Crippen molar-refractivity contribution in [2.45, 2.75) is 25.3 Å². The zero-order valence-electron chi connectivity index (χ0n) is 27.2. The molecule has 49 heavy (non-hydrogen) atoms. The van der Waals surface area contributed by atoms with Crippen LogP contribution in [0.1, 0.15) is 36.4 Å². The fourth-order valence-corrected chi connectivity index (χ4v) is 8.34. The highest BCUT2D eigenvalue weighted by Crippen LogP contribution is 2.43. The van der Waals surface area contributed by atoms with E-state index >= 15 is 0 Å². The first-order chi connectivity index (χ1) is 24.2. The van der Waals surface area contributed by atoms with Crippen LogP contribution < -0.4 is 4.90 Å². The second-order valence-electron chi connectivity index (χ2n) is 13.3. The molecule has 0 saturated carbocycles. The van der Waals surface area contributed by atoms with Crippen LogP contribution in [0.25, 0.3) is 77.2 Å². The van der Waals surface area contributed by atoms with E-state index in [0.717, 1.165) is 58.1 Å². The number of aromatic nitrogens is 1. The zero-order chi connectivity index (χ0) is 32.6. The highest BCUT2D eigenvalue weighted by Gasteiger charge is 2.26. The summed E-state index contributed by atoms with van der Waals surface area (Å²) in [5.41, 5.74) is 12.7. The maximum absolute atomic E-state index is 6.66. The van der Waals surface area contributed by atoms with E-state index in [9.17, 15) is 0 Å². The summed E-state index contributed by atoms with van der Waals surface area (Å²) in [5, 5.41) is 7.42. The molecule has 0 fully saturated rings. The van der Waals surface area contributed by atoms with E-state index in [0.29, 0.717) is 0 Å². The van der Waals surface area contributed by atoms with Crippen molar-refractivity contribution in [1.82, 2.24) is 4.40 Å². The fourth-order valence-electron chi connectivity index (χ4n) is 8.34. The van der Waals surface area contributed by atoms with Crippen LogP contribution in [0.2, 0.25) is 0 Å². The van der Waals surface area contributed by atoms with Gasteiger partial charge in [-0.1, -0.05) is 97.6 Å². The third kappa shape index (κ3) is 4.15. The van der Waals surface area contributed by atoms with Gasteiger partial charge >= 0.3 is 0 Å². The number of hydrogen-bond donors (Lipinski definition) is 0. The van der Waals surface area contributed by atoms with E-state index in [4.69, 9.17) is 4.42 Å². The van der Waals surface area contributed by atoms with E-state index in [1.54, 1.807) is 0 Å². The molecule has 0 saturated heterocycles. The van der Waals surface area contributed by atoms with Crippen molar-refractivity contribution in [3.8, 4) is 11.1 Å². The van der Waals surface area contributed by atoms with Gasteiger partial charge in [0, 0.05) is 49.8 Å². The lowest BCUT2D eigenvalue weighted by Crippen LogP contribution is -2.29. The molecule has 1 aliphatic rings. The van der Waals surface area contributed by atoms with Gasteiger partial charge in [0.25, 0.3) is 0 Å². The van der Waals surface area contributed by atoms with Gasteiger partial charge in [-0.15, -0.1) is 6.58 Å². The Kier molecular flexibility index (Phi) is 6.13. The number of rotatable bonds is 7. The molecule has 0 radical (unpaired) electrons. The molecule has 3 aromatic heterocycles. The smallest absolute Gasteiger partial charge is 0.137 e. The Labute approximate surface area is 284 Å². The second-order valence-corrected chi connectivity index (χ2v) is 13.3. The maximum atomic E-state index is 6.66. The number of anilines is 1. The Balaban J connectivity index is 1.07. The van der Waals surface area contributed by atoms with Crippen LogP contribution in [-0.2, 0) is 0 Å². The highest BCUT2D eigenvalue weighted by molar-refractivity contribution is 6.23. The third-order valence-corrected chi connectivity index (χ3v) is 10.6. The van der Waals surface area contributed by atoms with Crippen molar-refractivity contribution >= 4 is 71.8 Å². The topological polar surface area (TPSA) is 20.8 Å². The SMILES string of the molecule is C=CCCC(=C)N(c1ccc2c(c1)oc1cc(-c3ccc4c(c3)c3cccc5c6ccccc6n4c53)ccc12)C1CC=Cc2ccccc21. The van der Waals surface area contributed by atoms with Gasteiger partial charge < -0.3 is 13.7 Å². The summed E-state index contributed by atoms with van der Waals surface area (Å²) in [6, 6.07) is 44.4. The van der Waals surface area contributed by atoms with E-state index in [2.05, 4.69) is 156 Å². The molecule has 0 aliphatic heterocycles. The van der Waals surface area contributed by atoms with Crippen molar-refractivity contribution in [2.75, 3.05) is 4.90 Å². The number of allylic oxidation sites excluding steroid dienone is 2. The van der Waals surface area contributed by atoms with Gasteiger partial charge in [0.2, 0.25) is 0 Å². The summed E-state index contributed by atoms with van der Waals surface area (Å²) in [4.78, 5) is 2.41. The summed E-state index contributed by atoms with van der Waals surface area (Å²) < 4.78 is 9.09. The minimum absolute atomic E-state index is 0.165. The number of benzene rings is 6. The van der Waals surface area contributed by atoms with Crippen LogP contribution in [0.5, 0.6) is 0 Å². The number of nitrogens with zero attached hydrogens (tertiary/aromatic N) is 2. The van der Waals surface area contributed by atoms with E-state index in [1.165, 1.54) is 54.8 Å². The van der Waals surface area contributed by atoms with Gasteiger partial charge in [0.15, 0.2) is 0 Å². The average Bonchev–Trinajstić information content (AvgIpc) is 3.80. The van der Waals surface area contributed by atoms with Crippen molar-refractivity contribution < 1.29 is 4.42 Å². The van der Waals surface area contributed by atoms with Crippen molar-refractivity contribution in [3.63, 3.8) is 0 Å². The lowest BCUT2D eigenvalue weighted by atomic mass is 9.90. The van der Waals surface area contributed by atoms with Crippen molar-refractivity contribution in [1.29, 1.82) is 0 Å². The van der Waals surface area contributed by atoms with Crippen LogP contribution in [-0.4, -0.2) is 4.40 Å². The zero-order valence-corrected chi connectivity index (χ0v) is 27.2. The highest BCUT2D eigenvalue weighted by atomic mass is 16.3. The van der Waals surface area contributed by atoms with Gasteiger partial charge in [-0.05, 0) is 84.0 Å². The van der Waals surface area contributed by atoms with Gasteiger partial charge in [-0.25, -0.2) is 0 Å². The molecule has 234 valence electrons. The number of para-hydroxylation sites is 2. The molecule has 6 aromatic carbocycles. The summed E-state index contributed by atoms with van der Waals surface area (Å²) in [5.74, 6) is 0. The Morgan fingerprint density at radius 3 is 2.33 bits per heavy atom. The molecule has 0 N–H and O–H groups in total. The molecular formula is C46H34N2O. The van der Waals surface area contributed by atoms with E-state index in [-0.39, 0.29) is 6.04 Å². The molecule has 0 amide bonds. The molecule has 3 heteroatoms. The Morgan fingerprint density at radius 1 is 0.714 bits per heavy atom. The number of hydrogen-bond acceptors (Lipinski definition) is 2. The quantitative estimate of drug-likeness (QED) is 0.163. The van der Waals surface area contributed by atoms with Crippen LogP contribution in [0.4, 0.5) is 5.69 Å². The van der Waals surface area contributed by atoms with Crippen LogP contribution in [0.15, 0.2) is 157 Å². The standard InChI is InChI=1S/C46H34N2O/c1-3-4-11-29(2)47(41-19-9-13-30-12-5-6-14-34(30)41)33-22-24-37-36-23-20-32(27-44(36)49-45(37)28-33)31-21-25-43-40(26-31)39-17-10-16-38-35-15-7-8-18-42(35)48(43)46(38)39/h3,5-10,12-18,20-28,41H,1-2,4,11,19H2. The van der Waals surface area contributed by atoms with Gasteiger partial charge in [0.05, 0.1) is 22.6 Å². The molecule has 1 atom stereocenters. The molecule has 1 unspecified atom stereocenters. The normalized spacial score (nSPS) is 14.5. The second kappa shape index (κ2) is 10.7. The molecule has 3 nitrogen and oxygen atoms in total. The summed E-state index contributed by atoms with van der Waals surface area (Å²) in [7, 11) is 0. The van der Waals surface area contributed by atoms with Crippen molar-refractivity contribution in [3.05, 3.63) is 163 Å². The third-order valence-electron chi connectivity index (χ3n) is 10.6. The average molecular weight is 631 g/mol. The van der Waals surface area contributed by atoms with Gasteiger partial charge in [-0.2, -0.15) is 0 Å². The van der Waals surface area contributed by atoms with Crippen molar-refractivity contribution in [2.24, 2.45) is 0 Å². The first-order valence-corrected chi connectivity index (χ1v) is 17.1. The van der Waals surface area contributed by atoms with Crippen LogP contribution >= 0.6 is 0 Å². The van der Waals surface area contributed by atoms with E-state index < -0.39 is 0 Å². The first kappa shape index (κ1) is 28.0. The maximum Gasteiger partial charge on any atom is 0.137 e. The van der Waals surface area contributed by atoms with Gasteiger partial charge in [0.1, 0.15) is 11.2 Å². The molecule has 10 rings (SSSR count). The molecule has 3 heterocycles. The summed E-state index contributed by atoms with van der Waals surface area (Å²) >= 11 is 0. The van der Waals surface area contributed by atoms with Gasteiger partial charge in [-0.3, -0.25) is 0 Å². The summed E-state index contributed by atoms with van der Waals surface area (Å²) in [6.45, 7) is 8.53. The minimum Gasteiger partial charge on any atom is -0.456 e. The van der Waals surface area contributed by atoms with Crippen LogP contribution in [0, 0.1) is 0 Å². The predicted molar refractivity (Wildman–Crippen MR) is 208 cm³/mol. The molecular weight excluding hydrogens is 597 g/mol. The predicted octanol–water partition coefficient (Wildman–Crippen LogP) is 12.8. The number of furan rings is 1. The molecule has 1 aliphatic carbocycles. The largest absolute Gasteiger partial charge is 0.456 e.